The van der Waals surface area contributed by atoms with E-state index in [0.29, 0.717) is 18.1 Å². The molecule has 0 saturated carbocycles. The molecule has 1 aromatic carbocycles. The summed E-state index contributed by atoms with van der Waals surface area (Å²) in [5.41, 5.74) is 1.81. The molecule has 1 saturated heterocycles. The van der Waals surface area contributed by atoms with E-state index >= 15 is 0 Å². The molecule has 1 N–H and O–H groups in total. The predicted molar refractivity (Wildman–Crippen MR) is 83.3 cm³/mol. The van der Waals surface area contributed by atoms with Gasteiger partial charge in [-0.1, -0.05) is 19.1 Å². The second kappa shape index (κ2) is 6.58. The van der Waals surface area contributed by atoms with Gasteiger partial charge in [0.2, 0.25) is 0 Å². The minimum atomic E-state index is 0.309. The third kappa shape index (κ3) is 3.27. The van der Waals surface area contributed by atoms with Crippen molar-refractivity contribution in [1.29, 1.82) is 0 Å². The highest BCUT2D eigenvalue weighted by Gasteiger charge is 2.32. The molecule has 21 heavy (non-hydrogen) atoms. The van der Waals surface area contributed by atoms with E-state index in [1.165, 1.54) is 0 Å². The molecular formula is C17H24N2O2. The van der Waals surface area contributed by atoms with Crippen molar-refractivity contribution in [3.8, 4) is 0 Å². The van der Waals surface area contributed by atoms with Crippen LogP contribution in [0.4, 0.5) is 0 Å². The van der Waals surface area contributed by atoms with E-state index in [0.717, 1.165) is 49.4 Å². The number of hydrogen-bond donors (Lipinski definition) is 1. The van der Waals surface area contributed by atoms with E-state index in [9.17, 15) is 0 Å². The van der Waals surface area contributed by atoms with Crippen LogP contribution in [0.2, 0.25) is 0 Å². The van der Waals surface area contributed by atoms with Crippen LogP contribution in [0.25, 0.3) is 11.1 Å². The monoisotopic (exact) mass is 288 g/mol. The lowest BCUT2D eigenvalue weighted by atomic mass is 9.91. The molecule has 3 unspecified atom stereocenters. The van der Waals surface area contributed by atoms with Gasteiger partial charge in [0.25, 0.3) is 0 Å². The Kier molecular flexibility index (Phi) is 4.56. The van der Waals surface area contributed by atoms with Crippen molar-refractivity contribution < 1.29 is 9.15 Å². The average Bonchev–Trinajstić information content (AvgIpc) is 3.08. The normalized spacial score (nSPS) is 23.7. The van der Waals surface area contributed by atoms with Crippen LogP contribution >= 0.6 is 0 Å². The number of rotatable bonds is 6. The summed E-state index contributed by atoms with van der Waals surface area (Å²) in [7, 11) is 0. The third-order valence-electron chi connectivity index (χ3n) is 4.34. The second-order valence-corrected chi connectivity index (χ2v) is 5.87. The Morgan fingerprint density at radius 3 is 2.95 bits per heavy atom. The summed E-state index contributed by atoms with van der Waals surface area (Å²) in [6.45, 7) is 6.25. The van der Waals surface area contributed by atoms with Crippen molar-refractivity contribution in [2.45, 2.75) is 45.3 Å². The Labute approximate surface area is 125 Å². The second-order valence-electron chi connectivity index (χ2n) is 5.87. The van der Waals surface area contributed by atoms with Gasteiger partial charge >= 0.3 is 0 Å². The number of para-hydroxylation sites is 2. The summed E-state index contributed by atoms with van der Waals surface area (Å²) in [5.74, 6) is 1.36. The van der Waals surface area contributed by atoms with Crippen molar-refractivity contribution in [3.63, 3.8) is 0 Å². The maximum atomic E-state index is 5.88. The van der Waals surface area contributed by atoms with Crippen LogP contribution in [0.1, 0.15) is 32.6 Å². The zero-order valence-corrected chi connectivity index (χ0v) is 12.8. The van der Waals surface area contributed by atoms with Gasteiger partial charge in [-0.15, -0.1) is 0 Å². The molecule has 0 amide bonds. The van der Waals surface area contributed by atoms with E-state index in [4.69, 9.17) is 9.15 Å². The Bertz CT molecular complexity index is 548. The SMILES string of the molecule is CCCNC(Cc1nc2ccccc2o1)C1CCOC1C. The zero-order valence-electron chi connectivity index (χ0n) is 12.8. The lowest BCUT2D eigenvalue weighted by Crippen LogP contribution is -2.41. The summed E-state index contributed by atoms with van der Waals surface area (Å²) < 4.78 is 11.6. The fraction of sp³-hybridized carbons (Fsp3) is 0.588. The van der Waals surface area contributed by atoms with E-state index in [1.807, 2.05) is 24.3 Å². The highest BCUT2D eigenvalue weighted by molar-refractivity contribution is 5.72. The molecule has 2 aromatic rings. The van der Waals surface area contributed by atoms with Gasteiger partial charge in [-0.2, -0.15) is 0 Å². The quantitative estimate of drug-likeness (QED) is 0.887. The van der Waals surface area contributed by atoms with E-state index in [2.05, 4.69) is 24.1 Å². The fourth-order valence-electron chi connectivity index (χ4n) is 3.18. The molecule has 0 bridgehead atoms. The molecule has 3 rings (SSSR count). The molecular weight excluding hydrogens is 264 g/mol. The van der Waals surface area contributed by atoms with Crippen molar-refractivity contribution in [3.05, 3.63) is 30.2 Å². The molecule has 1 fully saturated rings. The first-order valence-electron chi connectivity index (χ1n) is 7.97. The zero-order chi connectivity index (χ0) is 14.7. The molecule has 4 heteroatoms. The third-order valence-corrected chi connectivity index (χ3v) is 4.34. The molecule has 0 radical (unpaired) electrons. The number of ether oxygens (including phenoxy) is 1. The van der Waals surface area contributed by atoms with Crippen LogP contribution in [0.3, 0.4) is 0 Å². The summed E-state index contributed by atoms with van der Waals surface area (Å²) in [4.78, 5) is 4.61. The Morgan fingerprint density at radius 2 is 2.24 bits per heavy atom. The van der Waals surface area contributed by atoms with Gasteiger partial charge in [-0.3, -0.25) is 0 Å². The lowest BCUT2D eigenvalue weighted by Gasteiger charge is -2.25. The van der Waals surface area contributed by atoms with Gasteiger partial charge in [-0.25, -0.2) is 4.98 Å². The molecule has 4 nitrogen and oxygen atoms in total. The fourth-order valence-corrected chi connectivity index (χ4v) is 3.18. The highest BCUT2D eigenvalue weighted by atomic mass is 16.5. The molecule has 1 aliphatic rings. The summed E-state index contributed by atoms with van der Waals surface area (Å²) in [6.07, 6.45) is 3.38. The lowest BCUT2D eigenvalue weighted by molar-refractivity contribution is 0.0946. The van der Waals surface area contributed by atoms with Crippen molar-refractivity contribution in [2.75, 3.05) is 13.2 Å². The summed E-state index contributed by atoms with van der Waals surface area (Å²) in [6, 6.07) is 8.32. The van der Waals surface area contributed by atoms with Crippen LogP contribution in [-0.2, 0) is 11.2 Å². The van der Waals surface area contributed by atoms with E-state index < -0.39 is 0 Å². The van der Waals surface area contributed by atoms with E-state index in [1.54, 1.807) is 0 Å². The first-order chi connectivity index (χ1) is 10.3. The molecule has 0 aliphatic carbocycles. The van der Waals surface area contributed by atoms with Gasteiger partial charge in [0, 0.05) is 25.0 Å². The number of oxazole rings is 1. The summed E-state index contributed by atoms with van der Waals surface area (Å²) in [5, 5.41) is 3.65. The largest absolute Gasteiger partial charge is 0.441 e. The molecule has 3 atom stereocenters. The highest BCUT2D eigenvalue weighted by Crippen LogP contribution is 2.26. The number of nitrogens with one attached hydrogen (secondary N) is 1. The van der Waals surface area contributed by atoms with Crippen LogP contribution in [0.5, 0.6) is 0 Å². The summed E-state index contributed by atoms with van der Waals surface area (Å²) >= 11 is 0. The Morgan fingerprint density at radius 1 is 1.38 bits per heavy atom. The van der Waals surface area contributed by atoms with Crippen LogP contribution in [0.15, 0.2) is 28.7 Å². The topological polar surface area (TPSA) is 47.3 Å². The van der Waals surface area contributed by atoms with Crippen LogP contribution in [0, 0.1) is 5.92 Å². The van der Waals surface area contributed by atoms with Crippen LogP contribution in [-0.4, -0.2) is 30.3 Å². The van der Waals surface area contributed by atoms with Crippen molar-refractivity contribution in [1.82, 2.24) is 10.3 Å². The Hall–Kier alpha value is -1.39. The van der Waals surface area contributed by atoms with Gasteiger partial charge in [0.15, 0.2) is 11.5 Å². The first kappa shape index (κ1) is 14.5. The number of benzene rings is 1. The van der Waals surface area contributed by atoms with Gasteiger partial charge in [-0.05, 0) is 38.4 Å². The number of nitrogens with zero attached hydrogens (tertiary/aromatic N) is 1. The number of fused-ring (bicyclic) bond motifs is 1. The van der Waals surface area contributed by atoms with Gasteiger partial charge in [0.1, 0.15) is 5.52 Å². The first-order valence-corrected chi connectivity index (χ1v) is 7.97. The standard InChI is InChI=1S/C17H24N2O2/c1-3-9-18-15(13-8-10-20-12(13)2)11-17-19-14-6-4-5-7-16(14)21-17/h4-7,12-13,15,18H,3,8-11H2,1-2H3. The van der Waals surface area contributed by atoms with Crippen molar-refractivity contribution >= 4 is 11.1 Å². The smallest absolute Gasteiger partial charge is 0.197 e. The van der Waals surface area contributed by atoms with Gasteiger partial charge in [0.05, 0.1) is 6.10 Å². The van der Waals surface area contributed by atoms with Gasteiger partial charge < -0.3 is 14.5 Å². The molecule has 1 aromatic heterocycles. The average molecular weight is 288 g/mol. The number of hydrogen-bond acceptors (Lipinski definition) is 4. The molecule has 114 valence electrons. The minimum absolute atomic E-state index is 0.309. The van der Waals surface area contributed by atoms with Crippen LogP contribution < -0.4 is 5.32 Å². The predicted octanol–water partition coefficient (Wildman–Crippen LogP) is 3.16. The van der Waals surface area contributed by atoms with Crippen molar-refractivity contribution in [2.24, 2.45) is 5.92 Å². The maximum Gasteiger partial charge on any atom is 0.197 e. The molecule has 1 aliphatic heterocycles. The minimum Gasteiger partial charge on any atom is -0.441 e. The molecule has 0 spiro atoms. The number of aromatic nitrogens is 1. The Balaban J connectivity index is 1.76. The van der Waals surface area contributed by atoms with E-state index in [-0.39, 0.29) is 0 Å². The molecule has 2 heterocycles. The maximum absolute atomic E-state index is 5.88.